The Morgan fingerprint density at radius 3 is 1.89 bits per heavy atom. The van der Waals surface area contributed by atoms with Gasteiger partial charge >= 0.3 is 0 Å². The summed E-state index contributed by atoms with van der Waals surface area (Å²) in [5.74, 6) is 0.460. The molecule has 4 rings (SSSR count). The van der Waals surface area contributed by atoms with Crippen LogP contribution < -0.4 is 0 Å². The molecule has 1 saturated heterocycles. The summed E-state index contributed by atoms with van der Waals surface area (Å²) < 4.78 is 7.71. The topological polar surface area (TPSA) is 9.23 Å². The minimum absolute atomic E-state index is 0.149. The molecule has 2 unspecified atom stereocenters. The van der Waals surface area contributed by atoms with Gasteiger partial charge in [0.05, 0.1) is 10.7 Å². The Kier molecular flexibility index (Phi) is 6.61. The first-order valence-corrected chi connectivity index (χ1v) is 11.7. The van der Waals surface area contributed by atoms with Crippen molar-refractivity contribution in [2.24, 2.45) is 5.92 Å². The normalized spacial score (nSPS) is 19.5. The first kappa shape index (κ1) is 19.1. The molecule has 138 valence electrons. The zero-order valence-electron chi connectivity index (χ0n) is 14.8. The van der Waals surface area contributed by atoms with E-state index in [4.69, 9.17) is 4.74 Å². The molecule has 3 aromatic rings. The highest BCUT2D eigenvalue weighted by Gasteiger charge is 2.37. The van der Waals surface area contributed by atoms with Crippen LogP contribution in [0.2, 0.25) is 0 Å². The van der Waals surface area contributed by atoms with Gasteiger partial charge in [0.15, 0.2) is 0 Å². The largest absolute Gasteiger partial charge is 0.373 e. The lowest BCUT2D eigenvalue weighted by molar-refractivity contribution is 0.0940. The molecule has 4 heteroatoms. The lowest BCUT2D eigenvalue weighted by atomic mass is 9.97. The Balaban J connectivity index is 1.60. The van der Waals surface area contributed by atoms with E-state index in [1.54, 1.807) is 0 Å². The molecule has 3 aromatic carbocycles. The van der Waals surface area contributed by atoms with Gasteiger partial charge in [-0.2, -0.15) is 0 Å². The van der Waals surface area contributed by atoms with Crippen LogP contribution in [0.3, 0.4) is 0 Å². The Labute approximate surface area is 178 Å². The van der Waals surface area contributed by atoms with Crippen LogP contribution in [0.15, 0.2) is 99.2 Å². The van der Waals surface area contributed by atoms with Gasteiger partial charge < -0.3 is 4.74 Å². The lowest BCUT2D eigenvalue weighted by Gasteiger charge is -2.27. The van der Waals surface area contributed by atoms with E-state index >= 15 is 0 Å². The van der Waals surface area contributed by atoms with Crippen molar-refractivity contribution >= 4 is 39.5 Å². The minimum atomic E-state index is 0.149. The molecule has 0 bridgehead atoms. The van der Waals surface area contributed by atoms with E-state index in [1.165, 1.54) is 15.4 Å². The summed E-state index contributed by atoms with van der Waals surface area (Å²) >= 11 is 7.45. The monoisotopic (exact) mass is 456 g/mol. The number of hydrogen-bond acceptors (Lipinski definition) is 3. The molecular formula is C23H21BrOS2. The van der Waals surface area contributed by atoms with Crippen molar-refractivity contribution in [3.05, 3.63) is 95.0 Å². The van der Waals surface area contributed by atoms with E-state index < -0.39 is 0 Å². The molecule has 0 spiro atoms. The highest BCUT2D eigenvalue weighted by atomic mass is 79.9. The zero-order chi connectivity index (χ0) is 18.5. The average Bonchev–Trinajstić information content (AvgIpc) is 3.19. The summed E-state index contributed by atoms with van der Waals surface area (Å²) in [7, 11) is 0. The number of ether oxygens (including phenoxy) is 1. The Bertz CT molecular complexity index is 798. The van der Waals surface area contributed by atoms with Crippen LogP contribution in [-0.2, 0) is 4.74 Å². The Hall–Kier alpha value is -1.20. The van der Waals surface area contributed by atoms with Crippen molar-refractivity contribution < 1.29 is 4.74 Å². The van der Waals surface area contributed by atoms with E-state index in [-0.39, 0.29) is 6.10 Å². The maximum absolute atomic E-state index is 6.21. The van der Waals surface area contributed by atoms with Crippen LogP contribution in [-0.4, -0.2) is 11.2 Å². The molecule has 0 saturated carbocycles. The number of halogens is 1. The number of thioether (sulfide) groups is 2. The number of hydrogen-bond donors (Lipinski definition) is 0. The second kappa shape index (κ2) is 9.33. The van der Waals surface area contributed by atoms with Crippen molar-refractivity contribution in [2.45, 2.75) is 26.9 Å². The van der Waals surface area contributed by atoms with E-state index in [1.807, 2.05) is 23.5 Å². The van der Waals surface area contributed by atoms with E-state index in [2.05, 4.69) is 101 Å². The molecule has 27 heavy (non-hydrogen) atoms. The fourth-order valence-electron chi connectivity index (χ4n) is 3.35. The van der Waals surface area contributed by atoms with Gasteiger partial charge in [-0.1, -0.05) is 64.5 Å². The SMILES string of the molecule is Brc1ccc(C2OCCC2C(Sc2ccccc2)Sc2ccccc2)cc1. The van der Waals surface area contributed by atoms with E-state index in [0.717, 1.165) is 17.5 Å². The van der Waals surface area contributed by atoms with Crippen molar-refractivity contribution in [1.29, 1.82) is 0 Å². The predicted octanol–water partition coefficient (Wildman–Crippen LogP) is 7.44. The summed E-state index contributed by atoms with van der Waals surface area (Å²) in [5.41, 5.74) is 1.27. The Morgan fingerprint density at radius 2 is 1.33 bits per heavy atom. The van der Waals surface area contributed by atoms with Crippen LogP contribution in [0.1, 0.15) is 18.1 Å². The second-order valence-corrected chi connectivity index (χ2v) is 10.2. The third kappa shape index (κ3) is 5.00. The summed E-state index contributed by atoms with van der Waals surface area (Å²) in [6, 6.07) is 30.0. The van der Waals surface area contributed by atoms with Crippen LogP contribution in [0.25, 0.3) is 0 Å². The van der Waals surface area contributed by atoms with Gasteiger partial charge in [0.2, 0.25) is 0 Å². The lowest BCUT2D eigenvalue weighted by Crippen LogP contribution is -2.18. The van der Waals surface area contributed by atoms with Gasteiger partial charge in [0, 0.05) is 26.8 Å². The van der Waals surface area contributed by atoms with E-state index in [0.29, 0.717) is 10.5 Å². The maximum atomic E-state index is 6.21. The molecule has 1 heterocycles. The van der Waals surface area contributed by atoms with Gasteiger partial charge in [-0.05, 0) is 48.4 Å². The van der Waals surface area contributed by atoms with Crippen molar-refractivity contribution in [3.63, 3.8) is 0 Å². The highest BCUT2D eigenvalue weighted by Crippen LogP contribution is 2.48. The second-order valence-electron chi connectivity index (χ2n) is 6.53. The zero-order valence-corrected chi connectivity index (χ0v) is 18.1. The molecule has 0 radical (unpaired) electrons. The van der Waals surface area contributed by atoms with Crippen LogP contribution >= 0.6 is 39.5 Å². The van der Waals surface area contributed by atoms with Crippen LogP contribution in [0.4, 0.5) is 0 Å². The van der Waals surface area contributed by atoms with Crippen molar-refractivity contribution in [1.82, 2.24) is 0 Å². The molecular weight excluding hydrogens is 436 g/mol. The number of benzene rings is 3. The first-order chi connectivity index (χ1) is 13.3. The smallest absolute Gasteiger partial charge is 0.0872 e. The molecule has 2 atom stereocenters. The van der Waals surface area contributed by atoms with E-state index in [9.17, 15) is 0 Å². The highest BCUT2D eigenvalue weighted by molar-refractivity contribution is 9.10. The molecule has 0 amide bonds. The van der Waals surface area contributed by atoms with Gasteiger partial charge in [-0.3, -0.25) is 0 Å². The average molecular weight is 457 g/mol. The molecule has 1 aliphatic heterocycles. The standard InChI is InChI=1S/C23H21BrOS2/c24-18-13-11-17(12-14-18)22-21(15-16-25-22)23(26-19-7-3-1-4-8-19)27-20-9-5-2-6-10-20/h1-14,21-23H,15-16H2. The third-order valence-corrected chi connectivity index (χ3v) is 8.03. The van der Waals surface area contributed by atoms with Crippen molar-refractivity contribution in [2.75, 3.05) is 6.61 Å². The first-order valence-electron chi connectivity index (χ1n) is 9.10. The fraction of sp³-hybridized carbons (Fsp3) is 0.217. The summed E-state index contributed by atoms with van der Waals surface area (Å²) in [5, 5.41) is 0. The molecule has 0 N–H and O–H groups in total. The minimum Gasteiger partial charge on any atom is -0.373 e. The number of rotatable bonds is 6. The fourth-order valence-corrected chi connectivity index (χ4v) is 6.54. The van der Waals surface area contributed by atoms with Crippen molar-refractivity contribution in [3.8, 4) is 0 Å². The molecule has 1 fully saturated rings. The summed E-state index contributed by atoms with van der Waals surface area (Å²) in [6.45, 7) is 0.826. The third-order valence-electron chi connectivity index (χ3n) is 4.68. The quantitative estimate of drug-likeness (QED) is 0.281. The van der Waals surface area contributed by atoms with Gasteiger partial charge in [0.25, 0.3) is 0 Å². The van der Waals surface area contributed by atoms with Gasteiger partial charge in [-0.25, -0.2) is 0 Å². The molecule has 0 aliphatic carbocycles. The molecule has 0 aromatic heterocycles. The van der Waals surface area contributed by atoms with Gasteiger partial charge in [-0.15, -0.1) is 23.5 Å². The van der Waals surface area contributed by atoms with Crippen LogP contribution in [0.5, 0.6) is 0 Å². The molecule has 1 aliphatic rings. The van der Waals surface area contributed by atoms with Crippen LogP contribution in [0, 0.1) is 5.92 Å². The summed E-state index contributed by atoms with van der Waals surface area (Å²) in [6.07, 6.45) is 1.24. The molecule has 1 nitrogen and oxygen atoms in total. The summed E-state index contributed by atoms with van der Waals surface area (Å²) in [4.78, 5) is 2.62. The predicted molar refractivity (Wildman–Crippen MR) is 119 cm³/mol. The maximum Gasteiger partial charge on any atom is 0.0872 e. The Morgan fingerprint density at radius 1 is 0.778 bits per heavy atom. The van der Waals surface area contributed by atoms with Gasteiger partial charge in [0.1, 0.15) is 0 Å².